The summed E-state index contributed by atoms with van der Waals surface area (Å²) in [5.74, 6) is -0.0571. The summed E-state index contributed by atoms with van der Waals surface area (Å²) in [5.41, 5.74) is 10.5. The van der Waals surface area contributed by atoms with Crippen molar-refractivity contribution in [2.45, 2.75) is 32.2 Å². The quantitative estimate of drug-likeness (QED) is 0.527. The zero-order valence-corrected chi connectivity index (χ0v) is 10.5. The summed E-state index contributed by atoms with van der Waals surface area (Å²) < 4.78 is 0. The minimum Gasteiger partial charge on any atom is -0.369 e. The van der Waals surface area contributed by atoms with Crippen LogP contribution in [0.2, 0.25) is 0 Å². The van der Waals surface area contributed by atoms with Gasteiger partial charge in [0.25, 0.3) is 0 Å². The Bertz CT molecular complexity index is 224. The van der Waals surface area contributed by atoms with Crippen molar-refractivity contribution in [2.75, 3.05) is 18.1 Å². The molecule has 0 aromatic rings. The first kappa shape index (κ1) is 15.2. The van der Waals surface area contributed by atoms with Crippen LogP contribution in [-0.2, 0) is 9.59 Å². The highest BCUT2D eigenvalue weighted by Gasteiger charge is 2.10. The van der Waals surface area contributed by atoms with Crippen molar-refractivity contribution in [3.8, 4) is 0 Å². The van der Waals surface area contributed by atoms with Crippen molar-refractivity contribution in [3.63, 3.8) is 0 Å². The van der Waals surface area contributed by atoms with Gasteiger partial charge in [0.15, 0.2) is 0 Å². The Morgan fingerprint density at radius 2 is 2.06 bits per heavy atom. The van der Waals surface area contributed by atoms with E-state index in [1.54, 1.807) is 0 Å². The number of carbonyl (C=O) groups is 2. The molecule has 0 aliphatic carbocycles. The molecule has 5 N–H and O–H groups in total. The van der Waals surface area contributed by atoms with Gasteiger partial charge in [0.2, 0.25) is 11.8 Å². The molecule has 0 spiro atoms. The van der Waals surface area contributed by atoms with E-state index in [-0.39, 0.29) is 23.5 Å². The maximum absolute atomic E-state index is 11.4. The number of rotatable bonds is 9. The lowest BCUT2D eigenvalue weighted by atomic mass is 10.1. The van der Waals surface area contributed by atoms with Crippen LogP contribution in [0.15, 0.2) is 0 Å². The van der Waals surface area contributed by atoms with Gasteiger partial charge >= 0.3 is 0 Å². The van der Waals surface area contributed by atoms with E-state index in [0.29, 0.717) is 6.54 Å². The van der Waals surface area contributed by atoms with Gasteiger partial charge in [-0.3, -0.25) is 9.59 Å². The van der Waals surface area contributed by atoms with Gasteiger partial charge in [-0.15, -0.1) is 11.8 Å². The Labute approximate surface area is 101 Å². The number of hydrogen-bond acceptors (Lipinski definition) is 4. The fourth-order valence-corrected chi connectivity index (χ4v) is 1.79. The lowest BCUT2D eigenvalue weighted by Crippen LogP contribution is -2.41. The number of carbonyl (C=O) groups excluding carboxylic acids is 2. The van der Waals surface area contributed by atoms with Crippen molar-refractivity contribution < 1.29 is 9.59 Å². The van der Waals surface area contributed by atoms with Gasteiger partial charge in [-0.2, -0.15) is 0 Å². The second-order valence-electron chi connectivity index (χ2n) is 3.60. The molecule has 5 nitrogen and oxygen atoms in total. The number of primary amides is 1. The Hall–Kier alpha value is -0.750. The number of amides is 2. The lowest BCUT2D eigenvalue weighted by Gasteiger charge is -2.16. The molecule has 0 bridgehead atoms. The van der Waals surface area contributed by atoms with Crippen molar-refractivity contribution in [3.05, 3.63) is 0 Å². The molecule has 1 atom stereocenters. The zero-order valence-electron chi connectivity index (χ0n) is 9.70. The SMILES string of the molecule is CCCCC(CN)NC(=O)CSCC(N)=O. The molecule has 1 unspecified atom stereocenters. The third kappa shape index (κ3) is 8.55. The smallest absolute Gasteiger partial charge is 0.230 e. The molecular formula is C10H21N3O2S. The standard InChI is InChI=1S/C10H21N3O2S/c1-2-3-4-8(5-11)13-10(15)7-16-6-9(12)14/h8H,2-7,11H2,1H3,(H2,12,14)(H,13,15). The number of unbranched alkanes of at least 4 members (excludes halogenated alkanes) is 1. The summed E-state index contributed by atoms with van der Waals surface area (Å²) in [5, 5.41) is 2.84. The predicted molar refractivity (Wildman–Crippen MR) is 67.0 cm³/mol. The molecule has 0 saturated carbocycles. The molecule has 94 valence electrons. The molecule has 0 aliphatic heterocycles. The zero-order chi connectivity index (χ0) is 12.4. The average Bonchev–Trinajstić information content (AvgIpc) is 2.23. The molecule has 0 heterocycles. The number of thioether (sulfide) groups is 1. The van der Waals surface area contributed by atoms with Crippen molar-refractivity contribution in [1.29, 1.82) is 0 Å². The minimum atomic E-state index is -0.404. The van der Waals surface area contributed by atoms with E-state index < -0.39 is 5.91 Å². The Morgan fingerprint density at radius 1 is 1.38 bits per heavy atom. The largest absolute Gasteiger partial charge is 0.369 e. The van der Waals surface area contributed by atoms with Crippen LogP contribution in [-0.4, -0.2) is 35.9 Å². The second-order valence-corrected chi connectivity index (χ2v) is 4.59. The first-order valence-electron chi connectivity index (χ1n) is 5.45. The topological polar surface area (TPSA) is 98.2 Å². The predicted octanol–water partition coefficient (Wildman–Crippen LogP) is -0.161. The summed E-state index contributed by atoms with van der Waals surface area (Å²) in [7, 11) is 0. The molecule has 0 aromatic heterocycles. The summed E-state index contributed by atoms with van der Waals surface area (Å²) in [6.07, 6.45) is 3.04. The first-order chi connectivity index (χ1) is 7.60. The van der Waals surface area contributed by atoms with Gasteiger partial charge in [0.05, 0.1) is 11.5 Å². The van der Waals surface area contributed by atoms with Crippen LogP contribution in [0.5, 0.6) is 0 Å². The van der Waals surface area contributed by atoms with Crippen molar-refractivity contribution in [1.82, 2.24) is 5.32 Å². The molecule has 0 rings (SSSR count). The molecule has 2 amide bonds. The highest BCUT2D eigenvalue weighted by atomic mass is 32.2. The van der Waals surface area contributed by atoms with Crippen LogP contribution < -0.4 is 16.8 Å². The van der Waals surface area contributed by atoms with Gasteiger partial charge < -0.3 is 16.8 Å². The molecule has 0 radical (unpaired) electrons. The fourth-order valence-electron chi connectivity index (χ4n) is 1.21. The third-order valence-corrected chi connectivity index (χ3v) is 2.99. The van der Waals surface area contributed by atoms with E-state index in [4.69, 9.17) is 11.5 Å². The van der Waals surface area contributed by atoms with Gasteiger partial charge in [-0.05, 0) is 6.42 Å². The molecule has 6 heteroatoms. The Balaban J connectivity index is 3.69. The van der Waals surface area contributed by atoms with Crippen LogP contribution in [0.3, 0.4) is 0 Å². The summed E-state index contributed by atoms with van der Waals surface area (Å²) in [6, 6.07) is 0.0432. The molecule has 0 fully saturated rings. The monoisotopic (exact) mass is 247 g/mol. The highest BCUT2D eigenvalue weighted by molar-refractivity contribution is 8.00. The van der Waals surface area contributed by atoms with Gasteiger partial charge in [0, 0.05) is 12.6 Å². The van der Waals surface area contributed by atoms with Crippen LogP contribution >= 0.6 is 11.8 Å². The maximum Gasteiger partial charge on any atom is 0.230 e. The van der Waals surface area contributed by atoms with Crippen molar-refractivity contribution >= 4 is 23.6 Å². The maximum atomic E-state index is 11.4. The van der Waals surface area contributed by atoms with E-state index in [2.05, 4.69) is 12.2 Å². The van der Waals surface area contributed by atoms with Gasteiger partial charge in [-0.1, -0.05) is 19.8 Å². The summed E-state index contributed by atoms with van der Waals surface area (Å²) in [6.45, 7) is 2.55. The molecule has 16 heavy (non-hydrogen) atoms. The average molecular weight is 247 g/mol. The van der Waals surface area contributed by atoms with E-state index in [0.717, 1.165) is 19.3 Å². The summed E-state index contributed by atoms with van der Waals surface area (Å²) in [4.78, 5) is 21.9. The normalized spacial score (nSPS) is 12.1. The molecule has 0 saturated heterocycles. The van der Waals surface area contributed by atoms with E-state index in [1.165, 1.54) is 11.8 Å². The second kappa shape index (κ2) is 9.47. The van der Waals surface area contributed by atoms with Gasteiger partial charge in [0.1, 0.15) is 0 Å². The lowest BCUT2D eigenvalue weighted by molar-refractivity contribution is -0.119. The van der Waals surface area contributed by atoms with Crippen LogP contribution in [0.4, 0.5) is 0 Å². The summed E-state index contributed by atoms with van der Waals surface area (Å²) >= 11 is 1.22. The van der Waals surface area contributed by atoms with Crippen molar-refractivity contribution in [2.24, 2.45) is 11.5 Å². The van der Waals surface area contributed by atoms with Crippen LogP contribution in [0.25, 0.3) is 0 Å². The van der Waals surface area contributed by atoms with E-state index in [1.807, 2.05) is 0 Å². The number of nitrogens with one attached hydrogen (secondary N) is 1. The highest BCUT2D eigenvalue weighted by Crippen LogP contribution is 2.01. The van der Waals surface area contributed by atoms with E-state index >= 15 is 0 Å². The number of nitrogens with two attached hydrogens (primary N) is 2. The molecule has 0 aliphatic rings. The van der Waals surface area contributed by atoms with E-state index in [9.17, 15) is 9.59 Å². The fraction of sp³-hybridized carbons (Fsp3) is 0.800. The van der Waals surface area contributed by atoms with Gasteiger partial charge in [-0.25, -0.2) is 0 Å². The third-order valence-electron chi connectivity index (χ3n) is 2.03. The Morgan fingerprint density at radius 3 is 2.56 bits per heavy atom. The Kier molecular flexibility index (Phi) is 9.03. The number of hydrogen-bond donors (Lipinski definition) is 3. The first-order valence-corrected chi connectivity index (χ1v) is 6.61. The molecule has 0 aromatic carbocycles. The van der Waals surface area contributed by atoms with Crippen LogP contribution in [0, 0.1) is 0 Å². The molecular weight excluding hydrogens is 226 g/mol. The minimum absolute atomic E-state index is 0.0432. The van der Waals surface area contributed by atoms with Crippen LogP contribution in [0.1, 0.15) is 26.2 Å².